The van der Waals surface area contributed by atoms with Gasteiger partial charge in [0.15, 0.2) is 5.82 Å². The molecule has 3 N–H and O–H groups in total. The van der Waals surface area contributed by atoms with Crippen LogP contribution in [0.5, 0.6) is 0 Å². The van der Waals surface area contributed by atoms with Gasteiger partial charge in [-0.05, 0) is 41.5 Å². The summed E-state index contributed by atoms with van der Waals surface area (Å²) in [6.45, 7) is 7.87. The van der Waals surface area contributed by atoms with Crippen molar-refractivity contribution in [2.45, 2.75) is 26.3 Å². The lowest BCUT2D eigenvalue weighted by Crippen LogP contribution is -2.38. The zero-order valence-corrected chi connectivity index (χ0v) is 14.1. The van der Waals surface area contributed by atoms with Crippen molar-refractivity contribution < 1.29 is 4.79 Å². The third-order valence-corrected chi connectivity index (χ3v) is 4.43. The molecule has 2 heterocycles. The highest BCUT2D eigenvalue weighted by Crippen LogP contribution is 2.23. The van der Waals surface area contributed by atoms with E-state index >= 15 is 0 Å². The average molecular weight is 356 g/mol. The van der Waals surface area contributed by atoms with Crippen LogP contribution in [0.2, 0.25) is 0 Å². The number of hydrogen-bond donors (Lipinski definition) is 2. The molecule has 0 aliphatic carbocycles. The molecule has 1 aliphatic rings. The number of nitrogen functional groups attached to an aromatic ring is 1. The van der Waals surface area contributed by atoms with Gasteiger partial charge in [-0.1, -0.05) is 13.8 Å². The first-order chi connectivity index (χ1) is 10.1. The molecule has 6 nitrogen and oxygen atoms in total. The predicted octanol–water partition coefficient (Wildman–Crippen LogP) is 1.69. The lowest BCUT2D eigenvalue weighted by atomic mass is 10.2. The Bertz CT molecular complexity index is 506. The van der Waals surface area contributed by atoms with Crippen LogP contribution in [0.3, 0.4) is 0 Å². The average Bonchev–Trinajstić information content (AvgIpc) is 2.97. The minimum Gasteiger partial charge on any atom is -0.337 e. The zero-order valence-electron chi connectivity index (χ0n) is 12.5. The van der Waals surface area contributed by atoms with Crippen molar-refractivity contribution in [2.24, 2.45) is 5.84 Å². The summed E-state index contributed by atoms with van der Waals surface area (Å²) in [5.41, 5.74) is 3.00. The highest BCUT2D eigenvalue weighted by molar-refractivity contribution is 9.10. The fourth-order valence-electron chi connectivity index (χ4n) is 2.85. The summed E-state index contributed by atoms with van der Waals surface area (Å²) < 4.78 is 0.768. The SMILES string of the molecule is CCN(CC)C1CCN(C(=O)c2cc(Br)cnc2NN)C1. The lowest BCUT2D eigenvalue weighted by molar-refractivity contribution is 0.0778. The fourth-order valence-corrected chi connectivity index (χ4v) is 3.18. The minimum atomic E-state index is -0.0218. The predicted molar refractivity (Wildman–Crippen MR) is 87.0 cm³/mol. The molecule has 21 heavy (non-hydrogen) atoms. The molecule has 7 heteroatoms. The van der Waals surface area contributed by atoms with E-state index in [4.69, 9.17) is 5.84 Å². The molecule has 0 radical (unpaired) electrons. The van der Waals surface area contributed by atoms with Crippen LogP contribution in [0.1, 0.15) is 30.6 Å². The maximum Gasteiger partial charge on any atom is 0.257 e. The van der Waals surface area contributed by atoms with Gasteiger partial charge in [0.05, 0.1) is 5.56 Å². The van der Waals surface area contributed by atoms with Crippen LogP contribution in [0.4, 0.5) is 5.82 Å². The molecule has 0 spiro atoms. The Balaban J connectivity index is 2.13. The number of pyridine rings is 1. The van der Waals surface area contributed by atoms with Crippen LogP contribution < -0.4 is 11.3 Å². The molecule has 1 aromatic heterocycles. The quantitative estimate of drug-likeness (QED) is 0.620. The van der Waals surface area contributed by atoms with E-state index in [9.17, 15) is 4.79 Å². The molecule has 2 rings (SSSR count). The minimum absolute atomic E-state index is 0.0218. The molecular formula is C14H22BrN5O. The van der Waals surface area contributed by atoms with E-state index in [-0.39, 0.29) is 5.91 Å². The summed E-state index contributed by atoms with van der Waals surface area (Å²) in [5.74, 6) is 5.84. The number of carbonyl (C=O) groups excluding carboxylic acids is 1. The van der Waals surface area contributed by atoms with Crippen LogP contribution in [-0.4, -0.2) is 52.9 Å². The Labute approximate surface area is 133 Å². The van der Waals surface area contributed by atoms with Gasteiger partial charge in [0.25, 0.3) is 5.91 Å². The number of rotatable bonds is 5. The molecule has 1 aliphatic heterocycles. The van der Waals surface area contributed by atoms with E-state index in [1.54, 1.807) is 12.3 Å². The molecule has 0 saturated carbocycles. The number of aromatic nitrogens is 1. The summed E-state index contributed by atoms with van der Waals surface area (Å²) in [4.78, 5) is 21.1. The van der Waals surface area contributed by atoms with E-state index in [2.05, 4.69) is 45.1 Å². The largest absolute Gasteiger partial charge is 0.337 e. The molecule has 1 saturated heterocycles. The molecule has 1 amide bonds. The summed E-state index contributed by atoms with van der Waals surface area (Å²) in [6, 6.07) is 2.20. The van der Waals surface area contributed by atoms with Crippen molar-refractivity contribution in [3.05, 3.63) is 22.3 Å². The number of carbonyl (C=O) groups is 1. The van der Waals surface area contributed by atoms with Gasteiger partial charge in [0.1, 0.15) is 0 Å². The maximum atomic E-state index is 12.7. The van der Waals surface area contributed by atoms with Crippen molar-refractivity contribution >= 4 is 27.7 Å². The number of amides is 1. The monoisotopic (exact) mass is 355 g/mol. The Kier molecular flexibility index (Phi) is 5.55. The van der Waals surface area contributed by atoms with Crippen molar-refractivity contribution in [3.63, 3.8) is 0 Å². The number of anilines is 1. The number of halogens is 1. The summed E-state index contributed by atoms with van der Waals surface area (Å²) in [5, 5.41) is 0. The molecule has 1 fully saturated rings. The highest BCUT2D eigenvalue weighted by Gasteiger charge is 2.30. The van der Waals surface area contributed by atoms with Crippen molar-refractivity contribution in [3.8, 4) is 0 Å². The molecule has 1 unspecified atom stereocenters. The number of nitrogens with two attached hydrogens (primary N) is 1. The van der Waals surface area contributed by atoms with Crippen LogP contribution in [0.15, 0.2) is 16.7 Å². The van der Waals surface area contributed by atoms with Gasteiger partial charge >= 0.3 is 0 Å². The van der Waals surface area contributed by atoms with Crippen LogP contribution >= 0.6 is 15.9 Å². The Morgan fingerprint density at radius 3 is 2.90 bits per heavy atom. The van der Waals surface area contributed by atoms with Crippen LogP contribution in [0, 0.1) is 0 Å². The van der Waals surface area contributed by atoms with E-state index < -0.39 is 0 Å². The summed E-state index contributed by atoms with van der Waals surface area (Å²) >= 11 is 3.35. The van der Waals surface area contributed by atoms with Crippen LogP contribution in [0.25, 0.3) is 0 Å². The first-order valence-corrected chi connectivity index (χ1v) is 8.05. The van der Waals surface area contributed by atoms with Crippen LogP contribution in [-0.2, 0) is 0 Å². The molecule has 116 valence electrons. The standard InChI is InChI=1S/C14H22BrN5O/c1-3-19(4-2)11-5-6-20(9-11)14(21)12-7-10(15)8-17-13(12)18-16/h7-8,11H,3-6,9,16H2,1-2H3,(H,17,18). The van der Waals surface area contributed by atoms with Gasteiger partial charge in [0, 0.05) is 29.8 Å². The first kappa shape index (κ1) is 16.2. The van der Waals surface area contributed by atoms with Gasteiger partial charge in [-0.25, -0.2) is 10.8 Å². The van der Waals surface area contributed by atoms with Crippen molar-refractivity contribution in [1.29, 1.82) is 0 Å². The van der Waals surface area contributed by atoms with Gasteiger partial charge in [0.2, 0.25) is 0 Å². The summed E-state index contributed by atoms with van der Waals surface area (Å²) in [7, 11) is 0. The van der Waals surface area contributed by atoms with Gasteiger partial charge in [-0.15, -0.1) is 0 Å². The molecule has 0 aromatic carbocycles. The third kappa shape index (κ3) is 3.53. The fraction of sp³-hybridized carbons (Fsp3) is 0.571. The molecule has 0 bridgehead atoms. The normalized spacial score (nSPS) is 18.3. The van der Waals surface area contributed by atoms with Crippen molar-refractivity contribution in [1.82, 2.24) is 14.8 Å². The Morgan fingerprint density at radius 1 is 1.57 bits per heavy atom. The number of hydrogen-bond acceptors (Lipinski definition) is 5. The second-order valence-corrected chi connectivity index (χ2v) is 6.02. The van der Waals surface area contributed by atoms with Gasteiger partial charge < -0.3 is 10.3 Å². The molecular weight excluding hydrogens is 334 g/mol. The topological polar surface area (TPSA) is 74.5 Å². The van der Waals surface area contributed by atoms with E-state index in [1.807, 2.05) is 4.90 Å². The highest BCUT2D eigenvalue weighted by atomic mass is 79.9. The smallest absolute Gasteiger partial charge is 0.257 e. The third-order valence-electron chi connectivity index (χ3n) is 4.00. The second-order valence-electron chi connectivity index (χ2n) is 5.11. The maximum absolute atomic E-state index is 12.7. The number of hydrazine groups is 1. The van der Waals surface area contributed by atoms with E-state index in [0.29, 0.717) is 17.4 Å². The van der Waals surface area contributed by atoms with Gasteiger partial charge in [-0.2, -0.15) is 0 Å². The van der Waals surface area contributed by atoms with Gasteiger partial charge in [-0.3, -0.25) is 9.69 Å². The second kappa shape index (κ2) is 7.20. The lowest BCUT2D eigenvalue weighted by Gasteiger charge is -2.26. The Morgan fingerprint density at radius 2 is 2.29 bits per heavy atom. The van der Waals surface area contributed by atoms with E-state index in [0.717, 1.165) is 37.1 Å². The molecule has 1 aromatic rings. The first-order valence-electron chi connectivity index (χ1n) is 7.26. The van der Waals surface area contributed by atoms with E-state index in [1.165, 1.54) is 0 Å². The summed E-state index contributed by atoms with van der Waals surface area (Å²) in [6.07, 6.45) is 2.63. The zero-order chi connectivity index (χ0) is 15.4. The number of nitrogens with one attached hydrogen (secondary N) is 1. The number of likely N-dealkylation sites (N-methyl/N-ethyl adjacent to an activating group) is 1. The Hall–Kier alpha value is -1.18. The molecule has 1 atom stereocenters. The van der Waals surface area contributed by atoms with Crippen molar-refractivity contribution in [2.75, 3.05) is 31.6 Å². The number of nitrogens with zero attached hydrogens (tertiary/aromatic N) is 3. The number of likely N-dealkylation sites (tertiary alicyclic amines) is 1.